The Labute approximate surface area is 285 Å². The molecule has 0 heterocycles. The van der Waals surface area contributed by atoms with E-state index in [0.29, 0.717) is 0 Å². The first-order chi connectivity index (χ1) is 24.1. The van der Waals surface area contributed by atoms with E-state index in [1.807, 2.05) is 0 Å². The van der Waals surface area contributed by atoms with Crippen molar-refractivity contribution in [2.45, 2.75) is 13.8 Å². The lowest BCUT2D eigenvalue weighted by Gasteiger charge is -2.30. The standard InChI is InChI=1S/C48H31N/c1-28-8-7-9-29(2)48(28)49(38-16-14-34-24-44-40-20-30-10-3-5-12-32(30)22-42(40)46(44)26-36(34)18-38)39-17-15-35-25-45-41-21-31-11-4-6-13-33(31)23-43(41)47(45)27-37(35)19-39/h3-27H,1-2H3. The van der Waals surface area contributed by atoms with Crippen molar-refractivity contribution in [3.63, 3.8) is 0 Å². The number of nitrogens with zero attached hydrogens (tertiary/aromatic N) is 1. The molecule has 9 aromatic carbocycles. The maximum Gasteiger partial charge on any atom is 0.0519 e. The Morgan fingerprint density at radius 1 is 0.286 bits per heavy atom. The Morgan fingerprint density at radius 3 is 0.939 bits per heavy atom. The van der Waals surface area contributed by atoms with E-state index in [4.69, 9.17) is 0 Å². The van der Waals surface area contributed by atoms with Gasteiger partial charge in [0, 0.05) is 11.4 Å². The van der Waals surface area contributed by atoms with Crippen LogP contribution in [0.25, 0.3) is 87.6 Å². The first-order valence-corrected chi connectivity index (χ1v) is 17.2. The number of fused-ring (bicyclic) bond motifs is 12. The zero-order valence-electron chi connectivity index (χ0n) is 27.4. The van der Waals surface area contributed by atoms with Crippen LogP contribution in [0, 0.1) is 13.8 Å². The highest BCUT2D eigenvalue weighted by Gasteiger charge is 2.26. The molecule has 0 atom stereocenters. The molecule has 0 N–H and O–H groups in total. The topological polar surface area (TPSA) is 3.24 Å². The number of anilines is 3. The average Bonchev–Trinajstić information content (AvgIpc) is 3.13. The maximum absolute atomic E-state index is 2.46. The first-order valence-electron chi connectivity index (χ1n) is 17.2. The van der Waals surface area contributed by atoms with Crippen molar-refractivity contribution in [3.05, 3.63) is 163 Å². The summed E-state index contributed by atoms with van der Waals surface area (Å²) in [6, 6.07) is 56.9. The summed E-state index contributed by atoms with van der Waals surface area (Å²) in [5, 5.41) is 10.3. The Kier molecular flexibility index (Phi) is 5.31. The lowest BCUT2D eigenvalue weighted by atomic mass is 9.78. The van der Waals surface area contributed by atoms with E-state index in [1.165, 1.54) is 116 Å². The summed E-state index contributed by atoms with van der Waals surface area (Å²) in [6.07, 6.45) is 0. The van der Waals surface area contributed by atoms with Gasteiger partial charge in [-0.15, -0.1) is 0 Å². The molecule has 2 aliphatic carbocycles. The summed E-state index contributed by atoms with van der Waals surface area (Å²) < 4.78 is 0. The van der Waals surface area contributed by atoms with Gasteiger partial charge >= 0.3 is 0 Å². The van der Waals surface area contributed by atoms with Crippen LogP contribution in [0.1, 0.15) is 11.1 Å². The van der Waals surface area contributed by atoms with Crippen molar-refractivity contribution < 1.29 is 0 Å². The smallest absolute Gasteiger partial charge is 0.0519 e. The molecule has 49 heavy (non-hydrogen) atoms. The van der Waals surface area contributed by atoms with E-state index in [-0.39, 0.29) is 0 Å². The molecule has 0 aliphatic heterocycles. The van der Waals surface area contributed by atoms with Gasteiger partial charge in [-0.25, -0.2) is 0 Å². The van der Waals surface area contributed by atoms with Crippen molar-refractivity contribution in [2.75, 3.05) is 4.90 Å². The molecule has 0 saturated heterocycles. The minimum Gasteiger partial charge on any atom is -0.310 e. The molecule has 0 amide bonds. The molecular formula is C48H31N. The van der Waals surface area contributed by atoms with Crippen LogP contribution in [-0.2, 0) is 0 Å². The minimum absolute atomic E-state index is 1.17. The number of aryl methyl sites for hydroxylation is 2. The lowest BCUT2D eigenvalue weighted by molar-refractivity contribution is 1.22. The number of rotatable bonds is 3. The van der Waals surface area contributed by atoms with Crippen LogP contribution in [0.2, 0.25) is 0 Å². The van der Waals surface area contributed by atoms with Crippen LogP contribution in [-0.4, -0.2) is 0 Å². The summed E-state index contributed by atoms with van der Waals surface area (Å²) in [4.78, 5) is 2.46. The molecule has 0 aromatic heterocycles. The average molecular weight is 622 g/mol. The molecule has 9 aromatic rings. The summed E-state index contributed by atoms with van der Waals surface area (Å²) in [7, 11) is 0. The summed E-state index contributed by atoms with van der Waals surface area (Å²) in [6.45, 7) is 4.46. The van der Waals surface area contributed by atoms with E-state index in [2.05, 4.69) is 170 Å². The predicted molar refractivity (Wildman–Crippen MR) is 209 cm³/mol. The molecule has 0 spiro atoms. The van der Waals surface area contributed by atoms with E-state index in [9.17, 15) is 0 Å². The highest BCUT2D eigenvalue weighted by molar-refractivity contribution is 6.13. The van der Waals surface area contributed by atoms with Crippen molar-refractivity contribution in [2.24, 2.45) is 0 Å². The Bertz CT molecular complexity index is 2710. The van der Waals surface area contributed by atoms with Gasteiger partial charge in [-0.3, -0.25) is 0 Å². The van der Waals surface area contributed by atoms with Gasteiger partial charge in [0.1, 0.15) is 0 Å². The molecule has 228 valence electrons. The Morgan fingerprint density at radius 2 is 0.592 bits per heavy atom. The van der Waals surface area contributed by atoms with Crippen LogP contribution in [0.15, 0.2) is 152 Å². The van der Waals surface area contributed by atoms with Crippen molar-refractivity contribution in [1.82, 2.24) is 0 Å². The zero-order valence-corrected chi connectivity index (χ0v) is 27.4. The third-order valence-corrected chi connectivity index (χ3v) is 11.0. The molecule has 0 saturated carbocycles. The molecule has 0 unspecified atom stereocenters. The van der Waals surface area contributed by atoms with Crippen LogP contribution in [0.4, 0.5) is 17.1 Å². The Hall–Kier alpha value is -6.18. The quantitative estimate of drug-likeness (QED) is 0.190. The van der Waals surface area contributed by atoms with Gasteiger partial charge in [-0.05, 0) is 185 Å². The fourth-order valence-electron chi connectivity index (χ4n) is 8.55. The van der Waals surface area contributed by atoms with Gasteiger partial charge in [0.15, 0.2) is 0 Å². The molecule has 1 nitrogen and oxygen atoms in total. The second kappa shape index (κ2) is 9.69. The summed E-state index contributed by atoms with van der Waals surface area (Å²) in [5.41, 5.74) is 16.9. The highest BCUT2D eigenvalue weighted by Crippen LogP contribution is 2.52. The zero-order chi connectivity index (χ0) is 32.4. The van der Waals surface area contributed by atoms with Gasteiger partial charge < -0.3 is 4.90 Å². The molecule has 11 rings (SSSR count). The van der Waals surface area contributed by atoms with Gasteiger partial charge in [-0.2, -0.15) is 0 Å². The van der Waals surface area contributed by atoms with Gasteiger partial charge in [0.2, 0.25) is 0 Å². The van der Waals surface area contributed by atoms with E-state index >= 15 is 0 Å². The van der Waals surface area contributed by atoms with E-state index < -0.39 is 0 Å². The van der Waals surface area contributed by atoms with Crippen molar-refractivity contribution >= 4 is 60.2 Å². The van der Waals surface area contributed by atoms with Gasteiger partial charge in [-0.1, -0.05) is 78.9 Å². The molecule has 2 aliphatic rings. The van der Waals surface area contributed by atoms with Gasteiger partial charge in [0.05, 0.1) is 5.69 Å². The lowest BCUT2D eigenvalue weighted by Crippen LogP contribution is -2.13. The van der Waals surface area contributed by atoms with Crippen molar-refractivity contribution in [1.29, 1.82) is 0 Å². The monoisotopic (exact) mass is 621 g/mol. The van der Waals surface area contributed by atoms with Crippen LogP contribution in [0.5, 0.6) is 0 Å². The molecule has 0 radical (unpaired) electrons. The second-order valence-electron chi connectivity index (χ2n) is 13.9. The molecule has 1 heteroatoms. The molecule has 0 bridgehead atoms. The van der Waals surface area contributed by atoms with E-state index in [1.54, 1.807) is 0 Å². The fraction of sp³-hybridized carbons (Fsp3) is 0.0417. The summed E-state index contributed by atoms with van der Waals surface area (Å²) in [5.74, 6) is 0. The Balaban J connectivity index is 1.06. The third kappa shape index (κ3) is 3.82. The molecular weight excluding hydrogens is 591 g/mol. The maximum atomic E-state index is 2.46. The predicted octanol–water partition coefficient (Wildman–Crippen LogP) is 13.7. The fourth-order valence-corrected chi connectivity index (χ4v) is 8.55. The van der Waals surface area contributed by atoms with Crippen LogP contribution >= 0.6 is 0 Å². The van der Waals surface area contributed by atoms with Crippen molar-refractivity contribution in [3.8, 4) is 44.5 Å². The summed E-state index contributed by atoms with van der Waals surface area (Å²) >= 11 is 0. The SMILES string of the molecule is Cc1cccc(C)c1N(c1ccc2cc3c(cc2c1)-c1cc2ccccc2cc1-3)c1ccc2cc3c(cc2c1)-c1cc2ccccc2cc1-3. The minimum atomic E-state index is 1.17. The number of hydrogen-bond donors (Lipinski definition) is 0. The third-order valence-electron chi connectivity index (χ3n) is 11.0. The largest absolute Gasteiger partial charge is 0.310 e. The molecule has 0 fully saturated rings. The number of hydrogen-bond acceptors (Lipinski definition) is 1. The highest BCUT2D eigenvalue weighted by atomic mass is 15.1. The normalized spacial score (nSPS) is 12.3. The second-order valence-corrected chi connectivity index (χ2v) is 13.9. The van der Waals surface area contributed by atoms with E-state index in [0.717, 1.165) is 0 Å². The van der Waals surface area contributed by atoms with Crippen LogP contribution < -0.4 is 4.90 Å². The van der Waals surface area contributed by atoms with Crippen LogP contribution in [0.3, 0.4) is 0 Å². The number of para-hydroxylation sites is 1. The van der Waals surface area contributed by atoms with Gasteiger partial charge in [0.25, 0.3) is 0 Å². The number of benzene rings is 9. The first kappa shape index (κ1) is 26.8.